The highest BCUT2D eigenvalue weighted by Gasteiger charge is 2.07. The van der Waals surface area contributed by atoms with E-state index in [2.05, 4.69) is 13.1 Å². The minimum absolute atomic E-state index is 0.00175. The highest BCUT2D eigenvalue weighted by molar-refractivity contribution is 8.00. The quantitative estimate of drug-likeness (QED) is 0.297. The Kier molecular flexibility index (Phi) is 6.56. The predicted octanol–water partition coefficient (Wildman–Crippen LogP) is 1.90. The molecule has 0 saturated carbocycles. The topological polar surface area (TPSA) is 26.3 Å². The third-order valence-corrected chi connectivity index (χ3v) is 5.10. The van der Waals surface area contributed by atoms with E-state index in [9.17, 15) is 4.79 Å². The number of thioether (sulfide) groups is 1. The van der Waals surface area contributed by atoms with Crippen molar-refractivity contribution in [1.82, 2.24) is 0 Å². The van der Waals surface area contributed by atoms with E-state index in [1.807, 2.05) is 13.8 Å². The van der Waals surface area contributed by atoms with Gasteiger partial charge in [0.25, 0.3) is 0 Å². The number of rotatable bonds is 5. The summed E-state index contributed by atoms with van der Waals surface area (Å²) in [5, 5.41) is 1.19. The maximum atomic E-state index is 11.0. The molecule has 0 heterocycles. The van der Waals surface area contributed by atoms with Crippen LogP contribution in [0.25, 0.3) is 0 Å². The van der Waals surface area contributed by atoms with Crippen LogP contribution in [0.2, 0.25) is 13.1 Å². The van der Waals surface area contributed by atoms with Gasteiger partial charge in [0.1, 0.15) is 5.94 Å². The molecule has 0 aromatic heterocycles. The molecule has 0 rings (SSSR count). The Morgan fingerprint density at radius 2 is 2.08 bits per heavy atom. The average Bonchev–Trinajstić information content (AvgIpc) is 1.97. The lowest BCUT2D eigenvalue weighted by Gasteiger charge is -2.07. The van der Waals surface area contributed by atoms with Crippen LogP contribution in [0.3, 0.4) is 0 Å². The van der Waals surface area contributed by atoms with Gasteiger partial charge in [-0.05, 0) is 5.38 Å². The lowest BCUT2D eigenvalue weighted by molar-refractivity contribution is -0.144. The summed E-state index contributed by atoms with van der Waals surface area (Å²) in [6.45, 7) is 8.28. The van der Waals surface area contributed by atoms with Crippen LogP contribution in [0.4, 0.5) is 0 Å². The normalized spacial score (nSPS) is 10.8. The summed E-state index contributed by atoms with van der Waals surface area (Å²) in [5.74, 6) is 0.442. The first-order valence-electron chi connectivity index (χ1n) is 4.28. The molecule has 4 heteroatoms. The van der Waals surface area contributed by atoms with Crippen molar-refractivity contribution in [3.8, 4) is 0 Å². The van der Waals surface area contributed by atoms with Crippen molar-refractivity contribution in [3.05, 3.63) is 0 Å². The molecule has 0 fully saturated rings. The maximum Gasteiger partial charge on any atom is 0.309 e. The van der Waals surface area contributed by atoms with E-state index in [0.29, 0.717) is 5.94 Å². The van der Waals surface area contributed by atoms with Gasteiger partial charge in [-0.15, -0.1) is 11.8 Å². The number of carbonyl (C=O) groups is 1. The van der Waals surface area contributed by atoms with E-state index in [4.69, 9.17) is 4.74 Å². The Morgan fingerprint density at radius 3 is 2.50 bits per heavy atom. The Balaban J connectivity index is 3.26. The summed E-state index contributed by atoms with van der Waals surface area (Å²) < 4.78 is 5.00. The van der Waals surface area contributed by atoms with Gasteiger partial charge < -0.3 is 4.74 Å². The number of hydrogen-bond acceptors (Lipinski definition) is 3. The third-order valence-electron chi connectivity index (χ3n) is 1.21. The molecule has 0 N–H and O–H groups in total. The molecule has 0 unspecified atom stereocenters. The molecule has 0 aromatic carbocycles. The van der Waals surface area contributed by atoms with Crippen molar-refractivity contribution in [2.24, 2.45) is 5.92 Å². The van der Waals surface area contributed by atoms with Gasteiger partial charge in [-0.25, -0.2) is 0 Å². The summed E-state index contributed by atoms with van der Waals surface area (Å²) in [5.41, 5.74) is 0. The summed E-state index contributed by atoms with van der Waals surface area (Å²) in [6, 6.07) is 0. The molecule has 0 bridgehead atoms. The van der Waals surface area contributed by atoms with Crippen molar-refractivity contribution in [2.45, 2.75) is 26.9 Å². The largest absolute Gasteiger partial charge is 0.454 e. The molecular formula is C8H18O2SSi. The van der Waals surface area contributed by atoms with Crippen molar-refractivity contribution in [2.75, 3.05) is 11.3 Å². The number of esters is 1. The molecule has 0 atom stereocenters. The van der Waals surface area contributed by atoms with Gasteiger partial charge in [0.15, 0.2) is 0 Å². The molecule has 12 heavy (non-hydrogen) atoms. The second-order valence-electron chi connectivity index (χ2n) is 3.50. The number of hydrogen-bond donors (Lipinski definition) is 0. The van der Waals surface area contributed by atoms with Crippen LogP contribution in [0.15, 0.2) is 0 Å². The van der Waals surface area contributed by atoms with Gasteiger partial charge in [-0.3, -0.25) is 4.79 Å². The van der Waals surface area contributed by atoms with Gasteiger partial charge >= 0.3 is 5.97 Å². The van der Waals surface area contributed by atoms with Gasteiger partial charge in [0.2, 0.25) is 0 Å². The number of carbonyl (C=O) groups excluding carboxylic acids is 1. The summed E-state index contributed by atoms with van der Waals surface area (Å²) in [7, 11) is -0.486. The Hall–Kier alpha value is 0.0369. The molecule has 0 spiro atoms. The van der Waals surface area contributed by atoms with Gasteiger partial charge in [0.05, 0.1) is 5.92 Å². The SMILES string of the molecule is CC(C)C(=O)OCSC[SiH](C)C. The minimum atomic E-state index is -0.486. The van der Waals surface area contributed by atoms with Crippen LogP contribution in [-0.4, -0.2) is 26.1 Å². The monoisotopic (exact) mass is 206 g/mol. The van der Waals surface area contributed by atoms with Crippen LogP contribution in [0.1, 0.15) is 13.8 Å². The smallest absolute Gasteiger partial charge is 0.309 e. The Morgan fingerprint density at radius 1 is 1.50 bits per heavy atom. The highest BCUT2D eigenvalue weighted by atomic mass is 32.2. The van der Waals surface area contributed by atoms with Crippen LogP contribution < -0.4 is 0 Å². The minimum Gasteiger partial charge on any atom is -0.454 e. The van der Waals surface area contributed by atoms with Crippen molar-refractivity contribution >= 4 is 26.5 Å². The fourth-order valence-electron chi connectivity index (χ4n) is 0.550. The second kappa shape index (κ2) is 6.54. The zero-order chi connectivity index (χ0) is 9.56. The average molecular weight is 206 g/mol. The molecular weight excluding hydrogens is 188 g/mol. The van der Waals surface area contributed by atoms with E-state index >= 15 is 0 Å². The lowest BCUT2D eigenvalue weighted by Crippen LogP contribution is -2.12. The molecule has 0 saturated heterocycles. The maximum absolute atomic E-state index is 11.0. The van der Waals surface area contributed by atoms with E-state index in [1.165, 1.54) is 5.38 Å². The first-order chi connectivity index (χ1) is 5.54. The van der Waals surface area contributed by atoms with Gasteiger partial charge in [-0.2, -0.15) is 0 Å². The molecule has 0 radical (unpaired) electrons. The molecule has 0 aliphatic heterocycles. The molecule has 0 aliphatic rings. The molecule has 72 valence electrons. The lowest BCUT2D eigenvalue weighted by atomic mass is 10.2. The van der Waals surface area contributed by atoms with E-state index in [1.54, 1.807) is 11.8 Å². The molecule has 0 amide bonds. The van der Waals surface area contributed by atoms with Gasteiger partial charge in [-0.1, -0.05) is 26.9 Å². The molecule has 2 nitrogen and oxygen atoms in total. The summed E-state index contributed by atoms with van der Waals surface area (Å²) in [4.78, 5) is 11.0. The number of ether oxygens (including phenoxy) is 1. The van der Waals surface area contributed by atoms with Crippen LogP contribution in [0, 0.1) is 5.92 Å². The first-order valence-corrected chi connectivity index (χ1v) is 8.56. The fraction of sp³-hybridized carbons (Fsp3) is 0.875. The van der Waals surface area contributed by atoms with E-state index in [0.717, 1.165) is 0 Å². The van der Waals surface area contributed by atoms with E-state index < -0.39 is 8.80 Å². The third kappa shape index (κ3) is 6.73. The van der Waals surface area contributed by atoms with Crippen molar-refractivity contribution in [3.63, 3.8) is 0 Å². The predicted molar refractivity (Wildman–Crippen MR) is 57.1 cm³/mol. The Bertz CT molecular complexity index is 137. The fourth-order valence-corrected chi connectivity index (χ4v) is 3.02. The summed E-state index contributed by atoms with van der Waals surface area (Å²) in [6.07, 6.45) is 0. The summed E-state index contributed by atoms with van der Waals surface area (Å²) >= 11 is 1.73. The highest BCUT2D eigenvalue weighted by Crippen LogP contribution is 2.05. The van der Waals surface area contributed by atoms with Crippen molar-refractivity contribution < 1.29 is 9.53 Å². The van der Waals surface area contributed by atoms with Crippen LogP contribution in [-0.2, 0) is 9.53 Å². The zero-order valence-electron chi connectivity index (χ0n) is 8.29. The molecule has 0 aliphatic carbocycles. The Labute approximate surface area is 80.7 Å². The first kappa shape index (κ1) is 12.0. The zero-order valence-corrected chi connectivity index (χ0v) is 10.3. The van der Waals surface area contributed by atoms with Crippen LogP contribution >= 0.6 is 11.8 Å². The van der Waals surface area contributed by atoms with Crippen molar-refractivity contribution in [1.29, 1.82) is 0 Å². The van der Waals surface area contributed by atoms with E-state index in [-0.39, 0.29) is 11.9 Å². The van der Waals surface area contributed by atoms with Crippen LogP contribution in [0.5, 0.6) is 0 Å². The second-order valence-corrected chi connectivity index (χ2v) is 8.27. The van der Waals surface area contributed by atoms with Gasteiger partial charge in [0, 0.05) is 8.80 Å². The molecule has 0 aromatic rings. The standard InChI is InChI=1S/C8H18O2SSi/c1-7(2)8(9)10-5-11-6-12(3)4/h7,12H,5-6H2,1-4H3.